The zero-order valence-corrected chi connectivity index (χ0v) is 12.0. The first-order chi connectivity index (χ1) is 11.4. The highest BCUT2D eigenvalue weighted by Gasteiger charge is 2.42. The molecule has 0 atom stereocenters. The van der Waals surface area contributed by atoms with Gasteiger partial charge < -0.3 is 0 Å². The van der Waals surface area contributed by atoms with Gasteiger partial charge in [0.05, 0.1) is 28.0 Å². The predicted molar refractivity (Wildman–Crippen MR) is 81.7 cm³/mol. The summed E-state index contributed by atoms with van der Waals surface area (Å²) in [6.07, 6.45) is 0. The third kappa shape index (κ3) is 2.37. The summed E-state index contributed by atoms with van der Waals surface area (Å²) in [5, 5.41) is 22.2. The molecule has 2 aromatic rings. The van der Waals surface area contributed by atoms with Gasteiger partial charge in [0.25, 0.3) is 17.4 Å². The number of nitrogens with zero attached hydrogens (tertiary/aromatic N) is 3. The van der Waals surface area contributed by atoms with Crippen LogP contribution in [0.1, 0.15) is 15.9 Å². The van der Waals surface area contributed by atoms with Crippen LogP contribution in [-0.4, -0.2) is 21.5 Å². The van der Waals surface area contributed by atoms with Crippen molar-refractivity contribution in [2.24, 2.45) is 0 Å². The lowest BCUT2D eigenvalue weighted by Gasteiger charge is -2.16. The Morgan fingerprint density at radius 3 is 2.21 bits per heavy atom. The summed E-state index contributed by atoms with van der Waals surface area (Å²) in [6.45, 7) is -0.0446. The molecule has 0 fully saturated rings. The summed E-state index contributed by atoms with van der Waals surface area (Å²) in [5.74, 6) is -1.94. The average molecular weight is 327 g/mol. The zero-order valence-electron chi connectivity index (χ0n) is 12.0. The maximum atomic E-state index is 12.2. The van der Waals surface area contributed by atoms with Gasteiger partial charge in [-0.05, 0) is 5.56 Å². The van der Waals surface area contributed by atoms with E-state index in [0.717, 1.165) is 17.0 Å². The normalized spacial score (nSPS) is 13.1. The largest absolute Gasteiger partial charge is 0.300 e. The van der Waals surface area contributed by atoms with Gasteiger partial charge in [-0.3, -0.25) is 34.7 Å². The molecule has 1 heterocycles. The number of fused-ring (bicyclic) bond motifs is 1. The Labute approximate surface area is 134 Å². The summed E-state index contributed by atoms with van der Waals surface area (Å²) >= 11 is 0. The fraction of sp³-hybridized carbons (Fsp3) is 0.0667. The second-order valence-electron chi connectivity index (χ2n) is 5.08. The monoisotopic (exact) mass is 327 g/mol. The molecule has 0 bridgehead atoms. The van der Waals surface area contributed by atoms with Gasteiger partial charge in [0, 0.05) is 6.07 Å². The van der Waals surface area contributed by atoms with Crippen LogP contribution in [0.15, 0.2) is 42.5 Å². The number of hydrogen-bond acceptors (Lipinski definition) is 6. The number of anilines is 1. The van der Waals surface area contributed by atoms with Crippen molar-refractivity contribution in [1.82, 2.24) is 0 Å². The van der Waals surface area contributed by atoms with Crippen LogP contribution >= 0.6 is 0 Å². The smallest absolute Gasteiger partial charge is 0.294 e. The van der Waals surface area contributed by atoms with Crippen LogP contribution in [0.5, 0.6) is 0 Å². The fourth-order valence-corrected chi connectivity index (χ4v) is 2.56. The SMILES string of the molecule is O=C1C(=O)N(Cc2ccccc2)c2c1cc([N+](=O)[O-])cc2[N+](=O)[O-]. The molecule has 0 radical (unpaired) electrons. The van der Waals surface area contributed by atoms with E-state index < -0.39 is 32.9 Å². The van der Waals surface area contributed by atoms with Crippen molar-refractivity contribution < 1.29 is 19.4 Å². The number of nitro groups is 2. The Bertz CT molecular complexity index is 894. The van der Waals surface area contributed by atoms with Crippen molar-refractivity contribution in [3.05, 3.63) is 73.8 Å². The molecule has 24 heavy (non-hydrogen) atoms. The molecule has 1 aliphatic heterocycles. The maximum Gasteiger partial charge on any atom is 0.300 e. The molecule has 0 saturated heterocycles. The lowest BCUT2D eigenvalue weighted by molar-refractivity contribution is -0.393. The van der Waals surface area contributed by atoms with Crippen LogP contribution in [0.3, 0.4) is 0 Å². The molecule has 0 N–H and O–H groups in total. The molecule has 3 rings (SSSR count). The minimum atomic E-state index is -0.993. The summed E-state index contributed by atoms with van der Waals surface area (Å²) in [5.41, 5.74) is -1.11. The van der Waals surface area contributed by atoms with Gasteiger partial charge in [0.15, 0.2) is 0 Å². The molecule has 120 valence electrons. The number of ketones is 1. The minimum absolute atomic E-state index is 0.0446. The second kappa shape index (κ2) is 5.54. The minimum Gasteiger partial charge on any atom is -0.294 e. The molecule has 9 heteroatoms. The fourth-order valence-electron chi connectivity index (χ4n) is 2.56. The van der Waals surface area contributed by atoms with Crippen LogP contribution in [0, 0.1) is 20.2 Å². The molecular formula is C15H9N3O6. The summed E-state index contributed by atoms with van der Waals surface area (Å²) < 4.78 is 0. The van der Waals surface area contributed by atoms with Crippen LogP contribution < -0.4 is 4.90 Å². The molecule has 1 amide bonds. The van der Waals surface area contributed by atoms with Crippen LogP contribution in [0.25, 0.3) is 0 Å². The molecule has 0 aliphatic carbocycles. The lowest BCUT2D eigenvalue weighted by Crippen LogP contribution is -2.29. The Morgan fingerprint density at radius 1 is 0.958 bits per heavy atom. The van der Waals surface area contributed by atoms with E-state index in [1.54, 1.807) is 30.3 Å². The Hall–Kier alpha value is -3.62. The standard InChI is InChI=1S/C15H9N3O6/c19-14-11-6-10(17(21)22)7-12(18(23)24)13(11)16(15(14)20)8-9-4-2-1-3-5-9/h1-7H,8H2. The molecule has 0 saturated carbocycles. The van der Waals surface area contributed by atoms with E-state index in [9.17, 15) is 29.8 Å². The van der Waals surface area contributed by atoms with Crippen molar-refractivity contribution in [2.45, 2.75) is 6.54 Å². The van der Waals surface area contributed by atoms with Crippen molar-refractivity contribution in [2.75, 3.05) is 4.90 Å². The van der Waals surface area contributed by atoms with Gasteiger partial charge in [-0.2, -0.15) is 0 Å². The highest BCUT2D eigenvalue weighted by atomic mass is 16.6. The predicted octanol–water partition coefficient (Wildman–Crippen LogP) is 2.23. The number of nitro benzene ring substituents is 2. The number of hydrogen-bond donors (Lipinski definition) is 0. The first-order valence-electron chi connectivity index (χ1n) is 6.77. The third-order valence-corrected chi connectivity index (χ3v) is 3.62. The lowest BCUT2D eigenvalue weighted by atomic mass is 10.1. The molecular weight excluding hydrogens is 318 g/mol. The molecule has 2 aromatic carbocycles. The summed E-state index contributed by atoms with van der Waals surface area (Å²) in [7, 11) is 0. The van der Waals surface area contributed by atoms with E-state index in [2.05, 4.69) is 0 Å². The third-order valence-electron chi connectivity index (χ3n) is 3.62. The van der Waals surface area contributed by atoms with Gasteiger partial charge in [-0.1, -0.05) is 30.3 Å². The Kier molecular flexibility index (Phi) is 3.53. The molecule has 0 spiro atoms. The molecule has 0 aromatic heterocycles. The van der Waals surface area contributed by atoms with E-state index in [1.165, 1.54) is 0 Å². The maximum absolute atomic E-state index is 12.2. The van der Waals surface area contributed by atoms with E-state index in [1.807, 2.05) is 0 Å². The Morgan fingerprint density at radius 2 is 1.62 bits per heavy atom. The quantitative estimate of drug-likeness (QED) is 0.482. The number of non-ortho nitro benzene ring substituents is 1. The highest BCUT2D eigenvalue weighted by molar-refractivity contribution is 6.52. The summed E-state index contributed by atoms with van der Waals surface area (Å²) in [4.78, 5) is 45.8. The van der Waals surface area contributed by atoms with E-state index in [4.69, 9.17) is 0 Å². The van der Waals surface area contributed by atoms with E-state index >= 15 is 0 Å². The van der Waals surface area contributed by atoms with Crippen LogP contribution in [-0.2, 0) is 11.3 Å². The number of benzene rings is 2. The second-order valence-corrected chi connectivity index (χ2v) is 5.08. The number of amides is 1. The van der Waals surface area contributed by atoms with E-state index in [-0.39, 0.29) is 17.8 Å². The van der Waals surface area contributed by atoms with E-state index in [0.29, 0.717) is 5.56 Å². The summed E-state index contributed by atoms with van der Waals surface area (Å²) in [6, 6.07) is 10.3. The number of carbonyl (C=O) groups excluding carboxylic acids is 2. The van der Waals surface area contributed by atoms with Gasteiger partial charge in [-0.15, -0.1) is 0 Å². The number of Topliss-reactive ketones (excluding diaryl/α,β-unsaturated/α-hetero) is 1. The van der Waals surface area contributed by atoms with Crippen LogP contribution in [0.2, 0.25) is 0 Å². The highest BCUT2D eigenvalue weighted by Crippen LogP contribution is 2.41. The topological polar surface area (TPSA) is 124 Å². The van der Waals surface area contributed by atoms with Crippen molar-refractivity contribution in [3.8, 4) is 0 Å². The first-order valence-corrected chi connectivity index (χ1v) is 6.77. The Balaban J connectivity index is 2.17. The van der Waals surface area contributed by atoms with Gasteiger partial charge in [-0.25, -0.2) is 0 Å². The van der Waals surface area contributed by atoms with Gasteiger partial charge in [0.1, 0.15) is 5.69 Å². The van der Waals surface area contributed by atoms with Crippen molar-refractivity contribution in [3.63, 3.8) is 0 Å². The molecule has 0 unspecified atom stereocenters. The number of rotatable bonds is 4. The first kappa shape index (κ1) is 15.3. The van der Waals surface area contributed by atoms with Gasteiger partial charge >= 0.3 is 5.69 Å². The van der Waals surface area contributed by atoms with Gasteiger partial charge in [0.2, 0.25) is 0 Å². The van der Waals surface area contributed by atoms with Crippen LogP contribution in [0.4, 0.5) is 17.1 Å². The molecule has 9 nitrogen and oxygen atoms in total. The van der Waals surface area contributed by atoms with Crippen molar-refractivity contribution >= 4 is 28.8 Å². The molecule has 1 aliphatic rings. The zero-order chi connectivity index (χ0) is 17.4. The van der Waals surface area contributed by atoms with Crippen molar-refractivity contribution in [1.29, 1.82) is 0 Å². The average Bonchev–Trinajstić information content (AvgIpc) is 2.80. The number of carbonyl (C=O) groups is 2.